The predicted molar refractivity (Wildman–Crippen MR) is 75.1 cm³/mol. The number of benzene rings is 1. The van der Waals surface area contributed by atoms with E-state index < -0.39 is 6.10 Å². The monoisotopic (exact) mass is 265 g/mol. The molecule has 1 amide bonds. The van der Waals surface area contributed by atoms with Crippen molar-refractivity contribution in [2.45, 2.75) is 45.8 Å². The maximum atomic E-state index is 11.6. The molecule has 4 nitrogen and oxygen atoms in total. The zero-order valence-corrected chi connectivity index (χ0v) is 11.8. The molecular formula is C15H23NO3. The summed E-state index contributed by atoms with van der Waals surface area (Å²) < 4.78 is 5.40. The van der Waals surface area contributed by atoms with E-state index in [-0.39, 0.29) is 18.6 Å². The predicted octanol–water partition coefficient (Wildman–Crippen LogP) is 2.42. The van der Waals surface area contributed by atoms with Gasteiger partial charge >= 0.3 is 0 Å². The fraction of sp³-hybridized carbons (Fsp3) is 0.533. The Morgan fingerprint density at radius 3 is 2.32 bits per heavy atom. The quantitative estimate of drug-likeness (QED) is 0.796. The van der Waals surface area contributed by atoms with Crippen molar-refractivity contribution in [1.29, 1.82) is 0 Å². The molecule has 0 saturated carbocycles. The number of carbonyl (C=O) groups excluding carboxylic acids is 1. The van der Waals surface area contributed by atoms with Crippen LogP contribution in [0.15, 0.2) is 24.3 Å². The zero-order valence-electron chi connectivity index (χ0n) is 11.8. The molecule has 0 saturated heterocycles. The molecule has 0 spiro atoms. The molecule has 19 heavy (non-hydrogen) atoms. The average Bonchev–Trinajstić information content (AvgIpc) is 2.43. The van der Waals surface area contributed by atoms with Crippen LogP contribution in [-0.4, -0.2) is 23.7 Å². The summed E-state index contributed by atoms with van der Waals surface area (Å²) in [4.78, 5) is 11.6. The highest BCUT2D eigenvalue weighted by Crippen LogP contribution is 2.17. The first-order valence-corrected chi connectivity index (χ1v) is 6.77. The number of ether oxygens (including phenoxy) is 1. The molecular weight excluding hydrogens is 242 g/mol. The van der Waals surface area contributed by atoms with Gasteiger partial charge in [-0.05, 0) is 37.5 Å². The first kappa shape index (κ1) is 15.5. The third-order valence-corrected chi connectivity index (χ3v) is 3.08. The van der Waals surface area contributed by atoms with Crippen LogP contribution in [0.5, 0.6) is 5.75 Å². The molecule has 1 aromatic rings. The van der Waals surface area contributed by atoms with E-state index >= 15 is 0 Å². The van der Waals surface area contributed by atoms with Gasteiger partial charge in [0.15, 0.2) is 6.61 Å². The number of hydrogen-bond donors (Lipinski definition) is 2. The van der Waals surface area contributed by atoms with Crippen molar-refractivity contribution in [2.75, 3.05) is 6.61 Å². The summed E-state index contributed by atoms with van der Waals surface area (Å²) in [6, 6.07) is 7.31. The number of aliphatic hydroxyl groups excluding tert-OH is 1. The van der Waals surface area contributed by atoms with E-state index in [1.807, 2.05) is 13.8 Å². The molecule has 0 aromatic heterocycles. The number of rotatable bonds is 7. The highest BCUT2D eigenvalue weighted by Gasteiger charge is 2.09. The first-order chi connectivity index (χ1) is 9.06. The zero-order chi connectivity index (χ0) is 14.3. The van der Waals surface area contributed by atoms with E-state index in [1.54, 1.807) is 31.2 Å². The largest absolute Gasteiger partial charge is 0.484 e. The number of amides is 1. The molecule has 0 heterocycles. The molecule has 0 aliphatic rings. The minimum absolute atomic E-state index is 0.0184. The molecule has 0 aliphatic heterocycles. The van der Waals surface area contributed by atoms with Crippen LogP contribution in [0, 0.1) is 0 Å². The normalized spacial score (nSPS) is 12.3. The number of nitrogens with one attached hydrogen (secondary N) is 1. The summed E-state index contributed by atoms with van der Waals surface area (Å²) in [5.41, 5.74) is 0.828. The van der Waals surface area contributed by atoms with Gasteiger partial charge in [-0.2, -0.15) is 0 Å². The van der Waals surface area contributed by atoms with E-state index in [1.165, 1.54) is 0 Å². The van der Waals surface area contributed by atoms with E-state index in [4.69, 9.17) is 4.74 Å². The Balaban J connectivity index is 2.41. The Bertz CT molecular complexity index is 383. The summed E-state index contributed by atoms with van der Waals surface area (Å²) in [5.74, 6) is 0.525. The van der Waals surface area contributed by atoms with Gasteiger partial charge < -0.3 is 15.2 Å². The van der Waals surface area contributed by atoms with E-state index in [9.17, 15) is 9.90 Å². The second kappa shape index (κ2) is 7.79. The Kier molecular flexibility index (Phi) is 6.36. The van der Waals surface area contributed by atoms with Gasteiger partial charge in [-0.1, -0.05) is 26.0 Å². The van der Waals surface area contributed by atoms with E-state index in [0.717, 1.165) is 18.4 Å². The highest BCUT2D eigenvalue weighted by atomic mass is 16.5. The fourth-order valence-electron chi connectivity index (χ4n) is 1.75. The molecule has 0 fully saturated rings. The molecule has 1 atom stereocenters. The van der Waals surface area contributed by atoms with Crippen LogP contribution >= 0.6 is 0 Å². The number of carbonyl (C=O) groups is 1. The summed E-state index contributed by atoms with van der Waals surface area (Å²) >= 11 is 0. The topological polar surface area (TPSA) is 58.6 Å². The summed E-state index contributed by atoms with van der Waals surface area (Å²) in [5, 5.41) is 12.3. The van der Waals surface area contributed by atoms with Crippen molar-refractivity contribution in [2.24, 2.45) is 0 Å². The van der Waals surface area contributed by atoms with E-state index in [0.29, 0.717) is 5.75 Å². The second-order valence-corrected chi connectivity index (χ2v) is 4.61. The van der Waals surface area contributed by atoms with Crippen LogP contribution in [0.25, 0.3) is 0 Å². The maximum absolute atomic E-state index is 11.6. The molecule has 1 unspecified atom stereocenters. The van der Waals surface area contributed by atoms with Crippen LogP contribution in [0.4, 0.5) is 0 Å². The van der Waals surface area contributed by atoms with Crippen LogP contribution in [0.1, 0.15) is 45.3 Å². The molecule has 4 heteroatoms. The van der Waals surface area contributed by atoms with Crippen molar-refractivity contribution in [3.63, 3.8) is 0 Å². The molecule has 2 N–H and O–H groups in total. The summed E-state index contributed by atoms with van der Waals surface area (Å²) in [7, 11) is 0. The van der Waals surface area contributed by atoms with Gasteiger partial charge in [-0.15, -0.1) is 0 Å². The molecule has 0 aliphatic carbocycles. The van der Waals surface area contributed by atoms with Crippen molar-refractivity contribution in [1.82, 2.24) is 5.32 Å². The molecule has 1 aromatic carbocycles. The van der Waals surface area contributed by atoms with Crippen molar-refractivity contribution < 1.29 is 14.6 Å². The van der Waals surface area contributed by atoms with Gasteiger partial charge in [0, 0.05) is 6.04 Å². The fourth-order valence-corrected chi connectivity index (χ4v) is 1.75. The van der Waals surface area contributed by atoms with Gasteiger partial charge in [0.1, 0.15) is 5.75 Å². The summed E-state index contributed by atoms with van der Waals surface area (Å²) in [6.45, 7) is 5.82. The maximum Gasteiger partial charge on any atom is 0.258 e. The Morgan fingerprint density at radius 2 is 1.84 bits per heavy atom. The van der Waals surface area contributed by atoms with Gasteiger partial charge in [-0.3, -0.25) is 4.79 Å². The van der Waals surface area contributed by atoms with Gasteiger partial charge in [-0.25, -0.2) is 0 Å². The minimum Gasteiger partial charge on any atom is -0.484 e. The smallest absolute Gasteiger partial charge is 0.258 e. The van der Waals surface area contributed by atoms with Gasteiger partial charge in [0.25, 0.3) is 5.91 Å². The third-order valence-electron chi connectivity index (χ3n) is 3.08. The molecule has 0 bridgehead atoms. The number of aliphatic hydroxyl groups is 1. The lowest BCUT2D eigenvalue weighted by Crippen LogP contribution is -2.37. The van der Waals surface area contributed by atoms with Crippen molar-refractivity contribution in [3.05, 3.63) is 29.8 Å². The standard InChI is InChI=1S/C15H23NO3/c1-4-13(5-2)16-15(18)10-19-14-8-6-12(7-9-14)11(3)17/h6-9,11,13,17H,4-5,10H2,1-3H3,(H,16,18). The van der Waals surface area contributed by atoms with Crippen molar-refractivity contribution in [3.8, 4) is 5.75 Å². The Hall–Kier alpha value is -1.55. The lowest BCUT2D eigenvalue weighted by Gasteiger charge is -2.15. The lowest BCUT2D eigenvalue weighted by atomic mass is 10.1. The minimum atomic E-state index is -0.493. The highest BCUT2D eigenvalue weighted by molar-refractivity contribution is 5.77. The first-order valence-electron chi connectivity index (χ1n) is 6.77. The molecule has 1 rings (SSSR count). The Morgan fingerprint density at radius 1 is 1.26 bits per heavy atom. The lowest BCUT2D eigenvalue weighted by molar-refractivity contribution is -0.123. The molecule has 106 valence electrons. The van der Waals surface area contributed by atoms with Gasteiger partial charge in [0.05, 0.1) is 6.10 Å². The average molecular weight is 265 g/mol. The third kappa shape index (κ3) is 5.30. The number of hydrogen-bond acceptors (Lipinski definition) is 3. The molecule has 0 radical (unpaired) electrons. The van der Waals surface area contributed by atoms with Gasteiger partial charge in [0.2, 0.25) is 0 Å². The van der Waals surface area contributed by atoms with Crippen LogP contribution in [0.3, 0.4) is 0 Å². The van der Waals surface area contributed by atoms with E-state index in [2.05, 4.69) is 5.32 Å². The van der Waals surface area contributed by atoms with Crippen molar-refractivity contribution >= 4 is 5.91 Å². The van der Waals surface area contributed by atoms with Crippen LogP contribution in [0.2, 0.25) is 0 Å². The second-order valence-electron chi connectivity index (χ2n) is 4.61. The van der Waals surface area contributed by atoms with Crippen LogP contribution < -0.4 is 10.1 Å². The Labute approximate surface area is 114 Å². The summed E-state index contributed by atoms with van der Waals surface area (Å²) in [6.07, 6.45) is 1.35. The van der Waals surface area contributed by atoms with Crippen LogP contribution in [-0.2, 0) is 4.79 Å². The SMILES string of the molecule is CCC(CC)NC(=O)COc1ccc(C(C)O)cc1.